The van der Waals surface area contributed by atoms with E-state index < -0.39 is 0 Å². The van der Waals surface area contributed by atoms with Gasteiger partial charge in [0.05, 0.1) is 5.69 Å². The van der Waals surface area contributed by atoms with Gasteiger partial charge in [0.1, 0.15) is 18.0 Å². The maximum Gasteiger partial charge on any atom is 0.137 e. The third-order valence-electron chi connectivity index (χ3n) is 3.55. The lowest BCUT2D eigenvalue weighted by Crippen LogP contribution is -2.08. The van der Waals surface area contributed by atoms with Crippen LogP contribution >= 0.6 is 0 Å². The van der Waals surface area contributed by atoms with Gasteiger partial charge in [-0.3, -0.25) is 0 Å². The van der Waals surface area contributed by atoms with Crippen molar-refractivity contribution in [2.24, 2.45) is 5.73 Å². The SMILES string of the molecule is CCC(N)c1ccc(OCc2cn3ccccc3n2)cc1. The van der Waals surface area contributed by atoms with Crippen LogP contribution in [0.4, 0.5) is 0 Å². The Morgan fingerprint density at radius 2 is 2.00 bits per heavy atom. The van der Waals surface area contributed by atoms with Crippen LogP contribution in [0.5, 0.6) is 5.75 Å². The summed E-state index contributed by atoms with van der Waals surface area (Å²) in [5, 5.41) is 0. The first kappa shape index (κ1) is 13.6. The maximum absolute atomic E-state index is 6.00. The van der Waals surface area contributed by atoms with Crippen molar-refractivity contribution >= 4 is 5.65 Å². The van der Waals surface area contributed by atoms with Crippen molar-refractivity contribution in [2.45, 2.75) is 26.0 Å². The number of fused-ring (bicyclic) bond motifs is 1. The number of pyridine rings is 1. The standard InChI is InChI=1S/C17H19N3O/c1-2-16(18)13-6-8-15(9-7-13)21-12-14-11-20-10-4-3-5-17(20)19-14/h3-11,16H,2,12,18H2,1H3. The number of nitrogens with two attached hydrogens (primary N) is 1. The Bertz CT molecular complexity index is 685. The van der Waals surface area contributed by atoms with Gasteiger partial charge in [-0.25, -0.2) is 4.98 Å². The Hall–Kier alpha value is -2.33. The second-order valence-corrected chi connectivity index (χ2v) is 5.07. The lowest BCUT2D eigenvalue weighted by atomic mass is 10.1. The smallest absolute Gasteiger partial charge is 0.137 e. The molecule has 21 heavy (non-hydrogen) atoms. The van der Waals surface area contributed by atoms with Crippen molar-refractivity contribution < 1.29 is 4.74 Å². The summed E-state index contributed by atoms with van der Waals surface area (Å²) < 4.78 is 7.76. The van der Waals surface area contributed by atoms with Crippen molar-refractivity contribution in [3.05, 3.63) is 66.1 Å². The van der Waals surface area contributed by atoms with E-state index in [2.05, 4.69) is 11.9 Å². The van der Waals surface area contributed by atoms with Crippen molar-refractivity contribution in [1.29, 1.82) is 0 Å². The highest BCUT2D eigenvalue weighted by atomic mass is 16.5. The fourth-order valence-corrected chi connectivity index (χ4v) is 2.26. The third-order valence-corrected chi connectivity index (χ3v) is 3.55. The van der Waals surface area contributed by atoms with E-state index in [1.807, 2.05) is 59.3 Å². The Kier molecular flexibility index (Phi) is 3.88. The molecule has 0 aliphatic heterocycles. The third kappa shape index (κ3) is 3.06. The van der Waals surface area contributed by atoms with Crippen LogP contribution in [0.15, 0.2) is 54.9 Å². The average molecular weight is 281 g/mol. The molecule has 3 rings (SSSR count). The Morgan fingerprint density at radius 1 is 1.19 bits per heavy atom. The van der Waals surface area contributed by atoms with E-state index in [-0.39, 0.29) is 6.04 Å². The normalized spacial score (nSPS) is 12.5. The Morgan fingerprint density at radius 3 is 2.71 bits per heavy atom. The highest BCUT2D eigenvalue weighted by molar-refractivity contribution is 5.39. The van der Waals surface area contributed by atoms with Gasteiger partial charge in [-0.05, 0) is 36.2 Å². The zero-order valence-electron chi connectivity index (χ0n) is 12.1. The van der Waals surface area contributed by atoms with E-state index >= 15 is 0 Å². The summed E-state index contributed by atoms with van der Waals surface area (Å²) in [6.07, 6.45) is 4.89. The first-order valence-corrected chi connectivity index (χ1v) is 7.17. The number of benzene rings is 1. The molecule has 0 spiro atoms. The van der Waals surface area contributed by atoms with E-state index in [1.54, 1.807) is 0 Å². The summed E-state index contributed by atoms with van der Waals surface area (Å²) in [5.74, 6) is 0.833. The van der Waals surface area contributed by atoms with Crippen LogP contribution in [0, 0.1) is 0 Å². The molecule has 0 amide bonds. The average Bonchev–Trinajstić information content (AvgIpc) is 2.95. The summed E-state index contributed by atoms with van der Waals surface area (Å²) in [4.78, 5) is 4.50. The highest BCUT2D eigenvalue weighted by Crippen LogP contribution is 2.19. The minimum atomic E-state index is 0.0949. The van der Waals surface area contributed by atoms with Crippen LogP contribution in [-0.2, 0) is 6.61 Å². The molecule has 3 aromatic rings. The molecule has 0 saturated heterocycles. The molecule has 0 fully saturated rings. The Labute approximate surface area is 124 Å². The topological polar surface area (TPSA) is 52.5 Å². The number of imidazole rings is 1. The predicted octanol–water partition coefficient (Wildman–Crippen LogP) is 3.32. The lowest BCUT2D eigenvalue weighted by Gasteiger charge is -2.10. The first-order valence-electron chi connectivity index (χ1n) is 7.17. The van der Waals surface area contributed by atoms with Crippen LogP contribution in [0.1, 0.15) is 30.6 Å². The van der Waals surface area contributed by atoms with Crippen molar-refractivity contribution in [3.8, 4) is 5.75 Å². The minimum absolute atomic E-state index is 0.0949. The first-order chi connectivity index (χ1) is 10.3. The number of nitrogens with zero attached hydrogens (tertiary/aromatic N) is 2. The molecule has 0 radical (unpaired) electrons. The van der Waals surface area contributed by atoms with Crippen molar-refractivity contribution in [1.82, 2.24) is 9.38 Å². The molecule has 0 aliphatic carbocycles. The molecule has 2 aromatic heterocycles. The van der Waals surface area contributed by atoms with Crippen molar-refractivity contribution in [2.75, 3.05) is 0 Å². The van der Waals surface area contributed by atoms with Crippen LogP contribution < -0.4 is 10.5 Å². The fourth-order valence-electron chi connectivity index (χ4n) is 2.26. The summed E-state index contributed by atoms with van der Waals surface area (Å²) in [6, 6.07) is 14.0. The molecule has 2 heterocycles. The summed E-state index contributed by atoms with van der Waals surface area (Å²) in [5.41, 5.74) is 8.98. The minimum Gasteiger partial charge on any atom is -0.487 e. The van der Waals surface area contributed by atoms with Gasteiger partial charge in [0.15, 0.2) is 0 Å². The molecule has 1 unspecified atom stereocenters. The van der Waals surface area contributed by atoms with Crippen LogP contribution in [-0.4, -0.2) is 9.38 Å². The van der Waals surface area contributed by atoms with Crippen LogP contribution in [0.2, 0.25) is 0 Å². The number of ether oxygens (including phenoxy) is 1. The van der Waals surface area contributed by atoms with Gasteiger partial charge in [-0.1, -0.05) is 25.1 Å². The fraction of sp³-hybridized carbons (Fsp3) is 0.235. The van der Waals surface area contributed by atoms with Gasteiger partial charge in [-0.15, -0.1) is 0 Å². The molecule has 2 N–H and O–H groups in total. The maximum atomic E-state index is 6.00. The molecule has 4 nitrogen and oxygen atoms in total. The Balaban J connectivity index is 1.67. The second kappa shape index (κ2) is 5.97. The highest BCUT2D eigenvalue weighted by Gasteiger charge is 2.04. The van der Waals surface area contributed by atoms with Gasteiger partial charge in [0, 0.05) is 18.4 Å². The molecule has 1 atom stereocenters. The lowest BCUT2D eigenvalue weighted by molar-refractivity contribution is 0.302. The van der Waals surface area contributed by atoms with Gasteiger partial charge in [-0.2, -0.15) is 0 Å². The molecule has 0 bridgehead atoms. The van der Waals surface area contributed by atoms with Crippen LogP contribution in [0.25, 0.3) is 5.65 Å². The molecular formula is C17H19N3O. The monoisotopic (exact) mass is 281 g/mol. The van der Waals surface area contributed by atoms with Gasteiger partial charge >= 0.3 is 0 Å². The summed E-state index contributed by atoms with van der Waals surface area (Å²) in [6.45, 7) is 2.54. The molecule has 4 heteroatoms. The number of rotatable bonds is 5. The largest absolute Gasteiger partial charge is 0.487 e. The van der Waals surface area contributed by atoms with Gasteiger partial charge in [0.2, 0.25) is 0 Å². The van der Waals surface area contributed by atoms with E-state index in [0.717, 1.165) is 29.1 Å². The number of hydrogen-bond acceptors (Lipinski definition) is 3. The molecule has 108 valence electrons. The summed E-state index contributed by atoms with van der Waals surface area (Å²) >= 11 is 0. The van der Waals surface area contributed by atoms with E-state index in [9.17, 15) is 0 Å². The predicted molar refractivity (Wildman–Crippen MR) is 83.2 cm³/mol. The zero-order valence-corrected chi connectivity index (χ0v) is 12.1. The van der Waals surface area contributed by atoms with Gasteiger partial charge in [0.25, 0.3) is 0 Å². The molecule has 0 saturated carbocycles. The van der Waals surface area contributed by atoms with E-state index in [0.29, 0.717) is 6.61 Å². The molecular weight excluding hydrogens is 262 g/mol. The quantitative estimate of drug-likeness (QED) is 0.780. The molecule has 1 aromatic carbocycles. The number of hydrogen-bond donors (Lipinski definition) is 1. The molecule has 0 aliphatic rings. The van der Waals surface area contributed by atoms with E-state index in [4.69, 9.17) is 10.5 Å². The van der Waals surface area contributed by atoms with E-state index in [1.165, 1.54) is 0 Å². The van der Waals surface area contributed by atoms with Crippen LogP contribution in [0.3, 0.4) is 0 Å². The van der Waals surface area contributed by atoms with Gasteiger partial charge < -0.3 is 14.9 Å². The van der Waals surface area contributed by atoms with Crippen molar-refractivity contribution in [3.63, 3.8) is 0 Å². The second-order valence-electron chi connectivity index (χ2n) is 5.07. The zero-order chi connectivity index (χ0) is 14.7. The number of aromatic nitrogens is 2. The summed E-state index contributed by atoms with van der Waals surface area (Å²) in [7, 11) is 0.